The van der Waals surface area contributed by atoms with E-state index in [0.29, 0.717) is 17.9 Å². The predicted octanol–water partition coefficient (Wildman–Crippen LogP) is 0.438. The number of amides is 1. The van der Waals surface area contributed by atoms with E-state index in [2.05, 4.69) is 25.7 Å². The molecular weight excluding hydrogens is 206 g/mol. The van der Waals surface area contributed by atoms with Crippen molar-refractivity contribution < 1.29 is 4.79 Å². The van der Waals surface area contributed by atoms with Gasteiger partial charge in [-0.2, -0.15) is 15.4 Å². The van der Waals surface area contributed by atoms with Gasteiger partial charge in [-0.05, 0) is 19.1 Å². The number of hydrogen-bond donors (Lipinski definition) is 2. The normalized spacial score (nSPS) is 10.1. The lowest BCUT2D eigenvalue weighted by Gasteiger charge is -2.02. The van der Waals surface area contributed by atoms with E-state index in [1.807, 2.05) is 18.2 Å². The average molecular weight is 217 g/mol. The van der Waals surface area contributed by atoms with Gasteiger partial charge in [-0.3, -0.25) is 9.78 Å². The molecule has 2 aromatic heterocycles. The fourth-order valence-corrected chi connectivity index (χ4v) is 1.26. The minimum Gasteiger partial charge on any atom is -0.345 e. The van der Waals surface area contributed by atoms with Crippen LogP contribution < -0.4 is 5.32 Å². The molecule has 0 aromatic carbocycles. The second-order valence-corrected chi connectivity index (χ2v) is 3.26. The van der Waals surface area contributed by atoms with Gasteiger partial charge in [0, 0.05) is 6.20 Å². The predicted molar refractivity (Wildman–Crippen MR) is 56.5 cm³/mol. The van der Waals surface area contributed by atoms with Gasteiger partial charge < -0.3 is 5.32 Å². The van der Waals surface area contributed by atoms with Gasteiger partial charge in [0.25, 0.3) is 5.91 Å². The Morgan fingerprint density at radius 2 is 2.31 bits per heavy atom. The Labute approximate surface area is 92.1 Å². The Morgan fingerprint density at radius 3 is 2.94 bits per heavy atom. The molecule has 6 heteroatoms. The summed E-state index contributed by atoms with van der Waals surface area (Å²) in [4.78, 5) is 15.7. The van der Waals surface area contributed by atoms with E-state index in [9.17, 15) is 4.79 Å². The van der Waals surface area contributed by atoms with Crippen molar-refractivity contribution in [1.29, 1.82) is 0 Å². The molecule has 82 valence electrons. The van der Waals surface area contributed by atoms with Crippen molar-refractivity contribution in [2.75, 3.05) is 0 Å². The van der Waals surface area contributed by atoms with Gasteiger partial charge in [-0.1, -0.05) is 6.07 Å². The summed E-state index contributed by atoms with van der Waals surface area (Å²) >= 11 is 0. The summed E-state index contributed by atoms with van der Waals surface area (Å²) in [5.41, 5.74) is 1.70. The first-order chi connectivity index (χ1) is 7.77. The van der Waals surface area contributed by atoms with Crippen LogP contribution in [0.1, 0.15) is 21.9 Å². The van der Waals surface area contributed by atoms with Crippen LogP contribution in [0.5, 0.6) is 0 Å². The maximum absolute atomic E-state index is 11.6. The minimum absolute atomic E-state index is 0.253. The molecule has 6 nitrogen and oxygen atoms in total. The van der Waals surface area contributed by atoms with Crippen molar-refractivity contribution in [3.05, 3.63) is 41.5 Å². The van der Waals surface area contributed by atoms with Gasteiger partial charge in [0.15, 0.2) is 5.69 Å². The number of pyridine rings is 1. The van der Waals surface area contributed by atoms with E-state index < -0.39 is 0 Å². The number of carbonyl (C=O) groups is 1. The topological polar surface area (TPSA) is 83.6 Å². The second kappa shape index (κ2) is 4.52. The minimum atomic E-state index is -0.253. The zero-order valence-corrected chi connectivity index (χ0v) is 8.77. The van der Waals surface area contributed by atoms with Crippen LogP contribution in [0.2, 0.25) is 0 Å². The van der Waals surface area contributed by atoms with Crippen LogP contribution in [0.4, 0.5) is 0 Å². The highest BCUT2D eigenvalue weighted by Crippen LogP contribution is 1.99. The lowest BCUT2D eigenvalue weighted by atomic mass is 10.3. The van der Waals surface area contributed by atoms with E-state index in [1.54, 1.807) is 13.1 Å². The molecule has 2 aromatic rings. The number of aryl methyl sites for hydroxylation is 1. The molecule has 0 saturated carbocycles. The number of aromatic amines is 1. The van der Waals surface area contributed by atoms with Crippen LogP contribution in [-0.2, 0) is 6.54 Å². The molecule has 0 atom stereocenters. The molecule has 2 N–H and O–H groups in total. The maximum atomic E-state index is 11.6. The molecular formula is C10H11N5O. The number of nitrogens with zero attached hydrogens (tertiary/aromatic N) is 3. The van der Waals surface area contributed by atoms with E-state index in [1.165, 1.54) is 0 Å². The molecule has 0 saturated heterocycles. The summed E-state index contributed by atoms with van der Waals surface area (Å²) in [7, 11) is 0. The SMILES string of the molecule is Cc1n[nH]nc1C(=O)NCc1ccccn1. The van der Waals surface area contributed by atoms with Crippen LogP contribution in [0.25, 0.3) is 0 Å². The summed E-state index contributed by atoms with van der Waals surface area (Å²) < 4.78 is 0. The van der Waals surface area contributed by atoms with Crippen LogP contribution in [0.3, 0.4) is 0 Å². The molecule has 0 aliphatic rings. The zero-order valence-electron chi connectivity index (χ0n) is 8.77. The summed E-state index contributed by atoms with van der Waals surface area (Å²) in [6.45, 7) is 2.10. The molecule has 16 heavy (non-hydrogen) atoms. The molecule has 2 heterocycles. The van der Waals surface area contributed by atoms with Crippen LogP contribution in [-0.4, -0.2) is 26.3 Å². The number of hydrogen-bond acceptors (Lipinski definition) is 4. The third-order valence-corrected chi connectivity index (χ3v) is 2.09. The third-order valence-electron chi connectivity index (χ3n) is 2.09. The zero-order chi connectivity index (χ0) is 11.4. The van der Waals surface area contributed by atoms with Crippen LogP contribution >= 0.6 is 0 Å². The molecule has 0 fully saturated rings. The van der Waals surface area contributed by atoms with Crippen molar-refractivity contribution in [3.63, 3.8) is 0 Å². The summed E-state index contributed by atoms with van der Waals surface area (Å²) in [5.74, 6) is -0.253. The van der Waals surface area contributed by atoms with Gasteiger partial charge >= 0.3 is 0 Å². The Morgan fingerprint density at radius 1 is 1.44 bits per heavy atom. The molecule has 2 rings (SSSR count). The van der Waals surface area contributed by atoms with Gasteiger partial charge in [0.05, 0.1) is 17.9 Å². The molecule has 0 aliphatic heterocycles. The summed E-state index contributed by atoms with van der Waals surface area (Å²) in [6, 6.07) is 5.54. The van der Waals surface area contributed by atoms with Crippen molar-refractivity contribution in [3.8, 4) is 0 Å². The Bertz CT molecular complexity index is 479. The van der Waals surface area contributed by atoms with Gasteiger partial charge in [0.2, 0.25) is 0 Å². The van der Waals surface area contributed by atoms with E-state index in [-0.39, 0.29) is 5.91 Å². The fraction of sp³-hybridized carbons (Fsp3) is 0.200. The maximum Gasteiger partial charge on any atom is 0.274 e. The smallest absolute Gasteiger partial charge is 0.274 e. The molecule has 0 bridgehead atoms. The molecule has 1 amide bonds. The van der Waals surface area contributed by atoms with Gasteiger partial charge in [-0.25, -0.2) is 0 Å². The highest BCUT2D eigenvalue weighted by Gasteiger charge is 2.12. The van der Waals surface area contributed by atoms with Crippen molar-refractivity contribution in [2.24, 2.45) is 0 Å². The van der Waals surface area contributed by atoms with Gasteiger partial charge in [0.1, 0.15) is 0 Å². The van der Waals surface area contributed by atoms with E-state index in [4.69, 9.17) is 0 Å². The highest BCUT2D eigenvalue weighted by molar-refractivity contribution is 5.92. The lowest BCUT2D eigenvalue weighted by Crippen LogP contribution is -2.24. The number of rotatable bonds is 3. The number of carbonyl (C=O) groups excluding carboxylic acids is 1. The largest absolute Gasteiger partial charge is 0.345 e. The quantitative estimate of drug-likeness (QED) is 0.781. The monoisotopic (exact) mass is 217 g/mol. The fourth-order valence-electron chi connectivity index (χ4n) is 1.26. The molecule has 0 unspecified atom stereocenters. The van der Waals surface area contributed by atoms with Crippen molar-refractivity contribution in [1.82, 2.24) is 25.7 Å². The molecule has 0 radical (unpaired) electrons. The lowest BCUT2D eigenvalue weighted by molar-refractivity contribution is 0.0944. The Kier molecular flexibility index (Phi) is 2.90. The van der Waals surface area contributed by atoms with Gasteiger partial charge in [-0.15, -0.1) is 0 Å². The Hall–Kier alpha value is -2.24. The van der Waals surface area contributed by atoms with E-state index in [0.717, 1.165) is 5.69 Å². The van der Waals surface area contributed by atoms with Crippen molar-refractivity contribution >= 4 is 5.91 Å². The number of nitrogens with one attached hydrogen (secondary N) is 2. The average Bonchev–Trinajstić information content (AvgIpc) is 2.74. The summed E-state index contributed by atoms with van der Waals surface area (Å²) in [5, 5.41) is 12.7. The van der Waals surface area contributed by atoms with Crippen LogP contribution in [0.15, 0.2) is 24.4 Å². The second-order valence-electron chi connectivity index (χ2n) is 3.26. The number of H-pyrrole nitrogens is 1. The molecule has 0 aliphatic carbocycles. The number of aromatic nitrogens is 4. The molecule has 0 spiro atoms. The van der Waals surface area contributed by atoms with Crippen molar-refractivity contribution in [2.45, 2.75) is 13.5 Å². The highest BCUT2D eigenvalue weighted by atomic mass is 16.2. The Balaban J connectivity index is 1.97. The first-order valence-electron chi connectivity index (χ1n) is 4.83. The van der Waals surface area contributed by atoms with Crippen LogP contribution in [0, 0.1) is 6.92 Å². The van der Waals surface area contributed by atoms with E-state index >= 15 is 0 Å². The summed E-state index contributed by atoms with van der Waals surface area (Å²) in [6.07, 6.45) is 1.68. The first-order valence-corrected chi connectivity index (χ1v) is 4.83. The first kappa shape index (κ1) is 10.3. The third kappa shape index (κ3) is 2.22. The standard InChI is InChI=1S/C10H11N5O/c1-7-9(14-15-13-7)10(16)12-6-8-4-2-3-5-11-8/h2-5H,6H2,1H3,(H,12,16)(H,13,14,15).